The summed E-state index contributed by atoms with van der Waals surface area (Å²) in [4.78, 5) is 3.64. The zero-order valence-electron chi connectivity index (χ0n) is 13.3. The van der Waals surface area contributed by atoms with Gasteiger partial charge in [0, 0.05) is 16.6 Å². The number of aromatic nitrogens is 1. The first-order valence-electron chi connectivity index (χ1n) is 8.22. The predicted molar refractivity (Wildman–Crippen MR) is 89.9 cm³/mol. The van der Waals surface area contributed by atoms with E-state index < -0.39 is 0 Å². The number of benzene rings is 1. The molecule has 1 aromatic heterocycles. The van der Waals surface area contributed by atoms with E-state index in [1.807, 2.05) is 0 Å². The summed E-state index contributed by atoms with van der Waals surface area (Å²) < 4.78 is 5.26. The first-order valence-corrected chi connectivity index (χ1v) is 8.22. The number of aliphatic hydroxyl groups is 1. The lowest BCUT2D eigenvalue weighted by Crippen LogP contribution is -2.33. The van der Waals surface area contributed by atoms with Gasteiger partial charge in [0.05, 0.1) is 6.61 Å². The Morgan fingerprint density at radius 2 is 2.18 bits per heavy atom. The van der Waals surface area contributed by atoms with Crippen LogP contribution in [0.1, 0.15) is 44.7 Å². The third-order valence-electron chi connectivity index (χ3n) is 5.07. The van der Waals surface area contributed by atoms with E-state index in [1.165, 1.54) is 35.0 Å². The minimum atomic E-state index is -0.200. The van der Waals surface area contributed by atoms with Gasteiger partial charge in [-0.3, -0.25) is 0 Å². The van der Waals surface area contributed by atoms with Crippen molar-refractivity contribution < 1.29 is 9.84 Å². The number of hydrogen-bond donors (Lipinski definition) is 2. The van der Waals surface area contributed by atoms with Crippen LogP contribution in [0.15, 0.2) is 42.0 Å². The Bertz CT molecular complexity index is 625. The number of allylic oxidation sites excluding steroid dienone is 2. The maximum absolute atomic E-state index is 8.94. The van der Waals surface area contributed by atoms with Crippen molar-refractivity contribution in [3.8, 4) is 0 Å². The van der Waals surface area contributed by atoms with Gasteiger partial charge in [0.1, 0.15) is 6.79 Å². The van der Waals surface area contributed by atoms with Crippen LogP contribution in [-0.4, -0.2) is 23.5 Å². The maximum Gasteiger partial charge on any atom is 0.143 e. The summed E-state index contributed by atoms with van der Waals surface area (Å²) in [6.45, 7) is 2.53. The monoisotopic (exact) mass is 299 g/mol. The van der Waals surface area contributed by atoms with Gasteiger partial charge in [-0.2, -0.15) is 0 Å². The molecule has 3 rings (SSSR count). The van der Waals surface area contributed by atoms with E-state index >= 15 is 0 Å². The molecule has 0 amide bonds. The molecule has 1 aromatic carbocycles. The Labute approximate surface area is 132 Å². The standard InChI is InChI=1S/C19H25NO2/c1-2-16-8-5-6-10-19(16,11-12-22-14-21)18-13-15-7-3-4-9-17(15)20-18/h2-4,7,9,13,20-21H,5-6,8,10-12,14H2,1H3/b16-2+. The summed E-state index contributed by atoms with van der Waals surface area (Å²) in [5.41, 5.74) is 4.03. The largest absolute Gasteiger partial charge is 0.371 e. The fourth-order valence-corrected chi connectivity index (χ4v) is 3.93. The van der Waals surface area contributed by atoms with E-state index in [9.17, 15) is 0 Å². The highest BCUT2D eigenvalue weighted by Crippen LogP contribution is 2.46. The predicted octanol–water partition coefficient (Wildman–Crippen LogP) is 4.28. The van der Waals surface area contributed by atoms with Crippen LogP contribution in [0.2, 0.25) is 0 Å². The van der Waals surface area contributed by atoms with Crippen LogP contribution >= 0.6 is 0 Å². The summed E-state index contributed by atoms with van der Waals surface area (Å²) in [5.74, 6) is 0. The summed E-state index contributed by atoms with van der Waals surface area (Å²) in [5, 5.41) is 10.2. The Kier molecular flexibility index (Phi) is 4.65. The number of aromatic amines is 1. The molecule has 0 spiro atoms. The van der Waals surface area contributed by atoms with Gasteiger partial charge in [-0.25, -0.2) is 0 Å². The molecule has 1 aliphatic rings. The molecule has 0 aliphatic heterocycles. The second-order valence-corrected chi connectivity index (χ2v) is 6.16. The molecule has 2 N–H and O–H groups in total. The van der Waals surface area contributed by atoms with Gasteiger partial charge < -0.3 is 14.8 Å². The number of fused-ring (bicyclic) bond motifs is 1. The van der Waals surface area contributed by atoms with Crippen LogP contribution in [0, 0.1) is 0 Å². The van der Waals surface area contributed by atoms with Crippen molar-refractivity contribution in [3.63, 3.8) is 0 Å². The van der Waals surface area contributed by atoms with Crippen molar-refractivity contribution in [2.24, 2.45) is 0 Å². The van der Waals surface area contributed by atoms with Crippen LogP contribution < -0.4 is 0 Å². The van der Waals surface area contributed by atoms with Gasteiger partial charge >= 0.3 is 0 Å². The SMILES string of the molecule is C/C=C1\CCCCC1(CCOCO)c1cc2ccccc2[nH]1. The lowest BCUT2D eigenvalue weighted by molar-refractivity contribution is -0.00844. The minimum Gasteiger partial charge on any atom is -0.371 e. The Morgan fingerprint density at radius 1 is 1.32 bits per heavy atom. The first-order chi connectivity index (χ1) is 10.8. The molecule has 1 aliphatic carbocycles. The van der Waals surface area contributed by atoms with Gasteiger partial charge in [0.25, 0.3) is 0 Å². The molecule has 1 unspecified atom stereocenters. The minimum absolute atomic E-state index is 0.0290. The van der Waals surface area contributed by atoms with Crippen LogP contribution in [0.25, 0.3) is 10.9 Å². The second-order valence-electron chi connectivity index (χ2n) is 6.16. The van der Waals surface area contributed by atoms with E-state index in [0.29, 0.717) is 6.61 Å². The molecule has 118 valence electrons. The molecule has 0 saturated heterocycles. The fourth-order valence-electron chi connectivity index (χ4n) is 3.93. The van der Waals surface area contributed by atoms with Gasteiger partial charge in [-0.15, -0.1) is 0 Å². The van der Waals surface area contributed by atoms with Crippen molar-refractivity contribution in [2.75, 3.05) is 13.4 Å². The lowest BCUT2D eigenvalue weighted by atomic mass is 9.66. The van der Waals surface area contributed by atoms with E-state index in [0.717, 1.165) is 19.3 Å². The average Bonchev–Trinajstić information content (AvgIpc) is 3.00. The molecule has 0 bridgehead atoms. The topological polar surface area (TPSA) is 45.2 Å². The van der Waals surface area contributed by atoms with Crippen molar-refractivity contribution in [2.45, 2.75) is 44.4 Å². The lowest BCUT2D eigenvalue weighted by Gasteiger charge is -2.39. The number of hydrogen-bond acceptors (Lipinski definition) is 2. The smallest absolute Gasteiger partial charge is 0.143 e. The zero-order valence-corrected chi connectivity index (χ0v) is 13.3. The molecular weight excluding hydrogens is 274 g/mol. The highest BCUT2D eigenvalue weighted by molar-refractivity contribution is 5.80. The molecule has 3 heteroatoms. The highest BCUT2D eigenvalue weighted by atomic mass is 16.6. The molecule has 1 heterocycles. The molecule has 1 fully saturated rings. The van der Waals surface area contributed by atoms with E-state index in [1.54, 1.807) is 0 Å². The van der Waals surface area contributed by atoms with Crippen LogP contribution in [0.3, 0.4) is 0 Å². The Morgan fingerprint density at radius 3 is 2.95 bits per heavy atom. The number of H-pyrrole nitrogens is 1. The second kappa shape index (κ2) is 6.67. The third kappa shape index (κ3) is 2.71. The summed E-state index contributed by atoms with van der Waals surface area (Å²) in [6, 6.07) is 10.7. The van der Waals surface area contributed by atoms with E-state index in [-0.39, 0.29) is 12.2 Å². The zero-order chi connectivity index (χ0) is 15.4. The van der Waals surface area contributed by atoms with Gasteiger partial charge in [0.15, 0.2) is 0 Å². The number of para-hydroxylation sites is 1. The molecule has 2 aromatic rings. The maximum atomic E-state index is 8.94. The first kappa shape index (κ1) is 15.3. The number of ether oxygens (including phenoxy) is 1. The number of rotatable bonds is 5. The van der Waals surface area contributed by atoms with Crippen molar-refractivity contribution in [1.29, 1.82) is 0 Å². The summed E-state index contributed by atoms with van der Waals surface area (Å²) >= 11 is 0. The van der Waals surface area contributed by atoms with E-state index in [2.05, 4.69) is 48.3 Å². The van der Waals surface area contributed by atoms with E-state index in [4.69, 9.17) is 9.84 Å². The number of nitrogens with one attached hydrogen (secondary N) is 1. The molecule has 1 saturated carbocycles. The average molecular weight is 299 g/mol. The van der Waals surface area contributed by atoms with Gasteiger partial charge in [-0.05, 0) is 50.1 Å². The van der Waals surface area contributed by atoms with Crippen molar-refractivity contribution >= 4 is 10.9 Å². The summed E-state index contributed by atoms with van der Waals surface area (Å²) in [6.07, 6.45) is 8.01. The summed E-state index contributed by atoms with van der Waals surface area (Å²) in [7, 11) is 0. The molecule has 0 radical (unpaired) electrons. The molecular formula is C19H25NO2. The fraction of sp³-hybridized carbons (Fsp3) is 0.474. The molecule has 22 heavy (non-hydrogen) atoms. The van der Waals surface area contributed by atoms with Gasteiger partial charge in [0.2, 0.25) is 0 Å². The van der Waals surface area contributed by atoms with Crippen LogP contribution in [0.4, 0.5) is 0 Å². The highest BCUT2D eigenvalue weighted by Gasteiger charge is 2.38. The quantitative estimate of drug-likeness (QED) is 0.491. The third-order valence-corrected chi connectivity index (χ3v) is 5.07. The molecule has 3 nitrogen and oxygen atoms in total. The van der Waals surface area contributed by atoms with Gasteiger partial charge in [-0.1, -0.05) is 36.3 Å². The van der Waals surface area contributed by atoms with Crippen LogP contribution in [0.5, 0.6) is 0 Å². The number of aliphatic hydroxyl groups excluding tert-OH is 1. The van der Waals surface area contributed by atoms with Crippen molar-refractivity contribution in [3.05, 3.63) is 47.7 Å². The van der Waals surface area contributed by atoms with Crippen LogP contribution in [-0.2, 0) is 10.2 Å². The van der Waals surface area contributed by atoms with Crippen molar-refractivity contribution in [1.82, 2.24) is 4.98 Å². The Hall–Kier alpha value is -1.58. The Balaban J connectivity index is 2.03. The molecule has 1 atom stereocenters. The normalized spacial score (nSPS) is 24.2.